The van der Waals surface area contributed by atoms with E-state index in [0.29, 0.717) is 15.6 Å². The normalized spacial score (nSPS) is 19.0. The van der Waals surface area contributed by atoms with E-state index in [1.165, 1.54) is 28.8 Å². The third-order valence-electron chi connectivity index (χ3n) is 7.91. The van der Waals surface area contributed by atoms with Crippen molar-refractivity contribution >= 4 is 84.6 Å². The summed E-state index contributed by atoms with van der Waals surface area (Å²) in [7, 11) is 0. The fraction of sp³-hybridized carbons (Fsp3) is 0.125. The molecule has 13 heteroatoms. The van der Waals surface area contributed by atoms with Crippen molar-refractivity contribution in [3.05, 3.63) is 126 Å². The summed E-state index contributed by atoms with van der Waals surface area (Å²) in [5.41, 5.74) is 1.39. The molecule has 1 N–H and O–H groups in total. The minimum absolute atomic E-state index is 0.162. The van der Waals surface area contributed by atoms with Crippen molar-refractivity contribution in [3.8, 4) is 0 Å². The van der Waals surface area contributed by atoms with E-state index in [4.69, 9.17) is 0 Å². The summed E-state index contributed by atoms with van der Waals surface area (Å²) in [4.78, 5) is 66.5. The van der Waals surface area contributed by atoms with Gasteiger partial charge in [-0.25, -0.2) is 4.90 Å². The molecule has 45 heavy (non-hydrogen) atoms. The highest BCUT2D eigenvalue weighted by Gasteiger charge is 2.56. The largest absolute Gasteiger partial charge is 0.325 e. The molecule has 1 aromatic heterocycles. The van der Waals surface area contributed by atoms with Gasteiger partial charge in [0.2, 0.25) is 17.7 Å². The maximum Gasteiger partial charge on any atom is 0.308 e. The smallest absolute Gasteiger partial charge is 0.308 e. The van der Waals surface area contributed by atoms with E-state index in [-0.39, 0.29) is 22.8 Å². The number of anilines is 2. The average Bonchev–Trinajstić information content (AvgIpc) is 3.47. The molecule has 1 fully saturated rings. The van der Waals surface area contributed by atoms with Crippen molar-refractivity contribution in [2.75, 3.05) is 10.2 Å². The molecule has 3 atom stereocenters. The Morgan fingerprint density at radius 3 is 2.40 bits per heavy atom. The van der Waals surface area contributed by atoms with Crippen molar-refractivity contribution < 1.29 is 19.3 Å². The number of nitrogens with one attached hydrogen (secondary N) is 1. The minimum atomic E-state index is -0.882. The van der Waals surface area contributed by atoms with Crippen molar-refractivity contribution in [2.24, 2.45) is 5.92 Å². The summed E-state index contributed by atoms with van der Waals surface area (Å²) in [5.74, 6) is -2.82. The number of nitro groups is 1. The van der Waals surface area contributed by atoms with Gasteiger partial charge in [0.1, 0.15) is 11.8 Å². The van der Waals surface area contributed by atoms with Crippen LogP contribution >= 0.6 is 39.0 Å². The van der Waals surface area contributed by atoms with Crippen molar-refractivity contribution in [2.45, 2.75) is 22.7 Å². The molecule has 1 saturated heterocycles. The van der Waals surface area contributed by atoms with E-state index in [1.807, 2.05) is 60.7 Å². The van der Waals surface area contributed by atoms with Gasteiger partial charge in [-0.1, -0.05) is 81.5 Å². The number of rotatable bonds is 6. The molecule has 0 radical (unpaired) electrons. The van der Waals surface area contributed by atoms with Crippen molar-refractivity contribution in [1.82, 2.24) is 4.57 Å². The fourth-order valence-electron chi connectivity index (χ4n) is 5.90. The second kappa shape index (κ2) is 11.4. The van der Waals surface area contributed by atoms with Crippen molar-refractivity contribution in [1.29, 1.82) is 0 Å². The molecule has 224 valence electrons. The lowest BCUT2D eigenvalue weighted by molar-refractivity contribution is -0.384. The van der Waals surface area contributed by atoms with Crippen molar-refractivity contribution in [3.63, 3.8) is 0 Å². The number of amides is 3. The van der Waals surface area contributed by atoms with Gasteiger partial charge in [0.05, 0.1) is 21.6 Å². The monoisotopic (exact) mass is 700 g/mol. The lowest BCUT2D eigenvalue weighted by Gasteiger charge is -2.30. The second-order valence-corrected chi connectivity index (χ2v) is 13.7. The lowest BCUT2D eigenvalue weighted by atomic mass is 9.83. The van der Waals surface area contributed by atoms with Crippen LogP contribution in [0.2, 0.25) is 0 Å². The number of thiazole rings is 1. The van der Waals surface area contributed by atoms with Gasteiger partial charge in [-0.05, 0) is 52.7 Å². The molecule has 0 saturated carbocycles. The first-order valence-corrected chi connectivity index (χ1v) is 16.2. The lowest BCUT2D eigenvalue weighted by Crippen LogP contribution is -2.33. The van der Waals surface area contributed by atoms with E-state index >= 15 is 0 Å². The van der Waals surface area contributed by atoms with Crippen LogP contribution < -0.4 is 15.1 Å². The highest BCUT2D eigenvalue weighted by Crippen LogP contribution is 2.54. The second-order valence-electron chi connectivity index (χ2n) is 10.6. The highest BCUT2D eigenvalue weighted by molar-refractivity contribution is 9.10. The van der Waals surface area contributed by atoms with Gasteiger partial charge in [0.15, 0.2) is 0 Å². The molecule has 4 aromatic carbocycles. The van der Waals surface area contributed by atoms with Gasteiger partial charge >= 0.3 is 4.87 Å². The average molecular weight is 702 g/mol. The summed E-state index contributed by atoms with van der Waals surface area (Å²) in [6.45, 7) is -0.276. The summed E-state index contributed by atoms with van der Waals surface area (Å²) in [6, 6.07) is 26.0. The Morgan fingerprint density at radius 1 is 0.911 bits per heavy atom. The Kier molecular flexibility index (Phi) is 7.38. The van der Waals surface area contributed by atoms with Crippen LogP contribution in [0.15, 0.2) is 105 Å². The SMILES string of the molecule is O=C(Cn1c2c(sc1=O)C(c1cccc(Br)c1)C1C(=O)N(c3ccc([N+](=O)[O-])cc3)C(=O)C1S2)Nc1ccc2ccccc2c1. The molecule has 3 unspecified atom stereocenters. The Morgan fingerprint density at radius 2 is 1.67 bits per heavy atom. The van der Waals surface area contributed by atoms with Gasteiger partial charge in [-0.3, -0.25) is 33.9 Å². The number of carbonyl (C=O) groups excluding carboxylic acids is 3. The number of benzene rings is 4. The Labute approximate surface area is 271 Å². The van der Waals surface area contributed by atoms with E-state index in [0.717, 1.165) is 48.8 Å². The van der Waals surface area contributed by atoms with E-state index in [2.05, 4.69) is 21.2 Å². The van der Waals surface area contributed by atoms with Gasteiger partial charge in [-0.15, -0.1) is 0 Å². The standard InChI is InChI=1S/C32H21BrN4O6S2/c33-20-7-3-6-19(14-20)25-26-27(30(40)36(29(26)39)22-10-12-23(13-11-22)37(42)43)44-31-28(25)45-32(41)35(31)16-24(38)34-21-9-8-17-4-1-2-5-18(17)15-21/h1-15,25-27H,16H2,(H,34,38). The number of thioether (sulfide) groups is 1. The quantitative estimate of drug-likeness (QED) is 0.127. The molecule has 0 bridgehead atoms. The number of non-ortho nitro benzene ring substituents is 1. The van der Waals surface area contributed by atoms with Gasteiger partial charge in [-0.2, -0.15) is 0 Å². The van der Waals surface area contributed by atoms with E-state index < -0.39 is 39.7 Å². The number of carbonyl (C=O) groups is 3. The molecule has 0 spiro atoms. The zero-order chi connectivity index (χ0) is 31.4. The molecular formula is C32H21BrN4O6S2. The molecule has 7 rings (SSSR count). The zero-order valence-electron chi connectivity index (χ0n) is 23.1. The van der Waals surface area contributed by atoms with Crippen LogP contribution in [0.25, 0.3) is 10.8 Å². The predicted molar refractivity (Wildman–Crippen MR) is 176 cm³/mol. The summed E-state index contributed by atoms with van der Waals surface area (Å²) >= 11 is 5.57. The zero-order valence-corrected chi connectivity index (χ0v) is 26.3. The van der Waals surface area contributed by atoms with Crippen LogP contribution in [0.5, 0.6) is 0 Å². The van der Waals surface area contributed by atoms with E-state index in [9.17, 15) is 29.3 Å². The topological polar surface area (TPSA) is 132 Å². The number of nitrogens with zero attached hydrogens (tertiary/aromatic N) is 3. The Bertz CT molecular complexity index is 2110. The number of hydrogen-bond donors (Lipinski definition) is 1. The first-order chi connectivity index (χ1) is 21.7. The molecule has 5 aromatic rings. The first kappa shape index (κ1) is 29.1. The Balaban J connectivity index is 1.25. The van der Waals surface area contributed by atoms with Crippen LogP contribution in [0, 0.1) is 16.0 Å². The summed E-state index contributed by atoms with van der Waals surface area (Å²) < 4.78 is 2.14. The molecular weight excluding hydrogens is 680 g/mol. The van der Waals surface area contributed by atoms with Gasteiger partial charge < -0.3 is 5.32 Å². The van der Waals surface area contributed by atoms with Crippen LogP contribution in [-0.4, -0.2) is 32.5 Å². The number of imide groups is 1. The summed E-state index contributed by atoms with van der Waals surface area (Å²) in [5, 5.41) is 15.6. The number of halogens is 1. The third-order valence-corrected chi connectivity index (χ3v) is 11.0. The molecule has 3 heterocycles. The maximum atomic E-state index is 14.0. The molecule has 0 aliphatic carbocycles. The molecule has 2 aliphatic rings. The van der Waals surface area contributed by atoms with Gasteiger partial charge in [0.25, 0.3) is 5.69 Å². The van der Waals surface area contributed by atoms with Crippen LogP contribution in [0.3, 0.4) is 0 Å². The Hall–Kier alpha value is -4.59. The number of hydrogen-bond acceptors (Lipinski definition) is 8. The molecule has 2 aliphatic heterocycles. The van der Waals surface area contributed by atoms with Crippen LogP contribution in [0.1, 0.15) is 16.4 Å². The van der Waals surface area contributed by atoms with Gasteiger partial charge in [0, 0.05) is 33.1 Å². The fourth-order valence-corrected chi connectivity index (χ4v) is 9.09. The number of nitro benzene ring substituents is 1. The minimum Gasteiger partial charge on any atom is -0.325 e. The highest BCUT2D eigenvalue weighted by atomic mass is 79.9. The summed E-state index contributed by atoms with van der Waals surface area (Å²) in [6.07, 6.45) is 0. The third kappa shape index (κ3) is 5.16. The first-order valence-electron chi connectivity index (χ1n) is 13.8. The molecule has 10 nitrogen and oxygen atoms in total. The van der Waals surface area contributed by atoms with Crippen LogP contribution in [-0.2, 0) is 20.9 Å². The van der Waals surface area contributed by atoms with Crippen LogP contribution in [0.4, 0.5) is 17.1 Å². The predicted octanol–water partition coefficient (Wildman–Crippen LogP) is 6.17. The maximum absolute atomic E-state index is 14.0. The number of fused-ring (bicyclic) bond motifs is 3. The number of aromatic nitrogens is 1. The van der Waals surface area contributed by atoms with E-state index in [1.54, 1.807) is 6.07 Å². The molecule has 3 amide bonds.